The van der Waals surface area contributed by atoms with Crippen molar-refractivity contribution in [3.63, 3.8) is 0 Å². The van der Waals surface area contributed by atoms with E-state index in [2.05, 4.69) is 31.7 Å². The number of imidazole rings is 1. The van der Waals surface area contributed by atoms with Gasteiger partial charge in [-0.1, -0.05) is 12.1 Å². The highest BCUT2D eigenvalue weighted by Crippen LogP contribution is 2.25. The van der Waals surface area contributed by atoms with Crippen LogP contribution >= 0.6 is 0 Å². The van der Waals surface area contributed by atoms with Crippen molar-refractivity contribution >= 4 is 17.1 Å². The van der Waals surface area contributed by atoms with Crippen molar-refractivity contribution in [2.75, 3.05) is 31.1 Å². The van der Waals surface area contributed by atoms with Gasteiger partial charge in [0.05, 0.1) is 5.52 Å². The molecule has 174 valence electrons. The summed E-state index contributed by atoms with van der Waals surface area (Å²) in [6, 6.07) is 15.9. The van der Waals surface area contributed by atoms with Crippen molar-refractivity contribution in [2.45, 2.75) is 6.54 Å². The third-order valence-electron chi connectivity index (χ3n) is 6.44. The van der Waals surface area contributed by atoms with E-state index in [-0.39, 0.29) is 5.91 Å². The van der Waals surface area contributed by atoms with E-state index in [9.17, 15) is 4.79 Å². The Labute approximate surface area is 203 Å². The van der Waals surface area contributed by atoms with Gasteiger partial charge in [-0.2, -0.15) is 0 Å². The summed E-state index contributed by atoms with van der Waals surface area (Å²) in [5.41, 5.74) is 4.56. The Morgan fingerprint density at radius 2 is 1.71 bits per heavy atom. The van der Waals surface area contributed by atoms with Gasteiger partial charge in [0.15, 0.2) is 5.69 Å². The van der Waals surface area contributed by atoms with Crippen LogP contribution in [0.15, 0.2) is 91.9 Å². The van der Waals surface area contributed by atoms with Crippen LogP contribution in [0.5, 0.6) is 0 Å². The minimum Gasteiger partial charge on any atom is -0.368 e. The molecule has 5 aromatic rings. The fourth-order valence-corrected chi connectivity index (χ4v) is 4.65. The van der Waals surface area contributed by atoms with E-state index >= 15 is 0 Å². The number of fused-ring (bicyclic) bond motifs is 1. The normalized spacial score (nSPS) is 13.9. The number of amides is 1. The number of hydrogen-bond donors (Lipinski definition) is 0. The fraction of sp³-hybridized carbons (Fsp3) is 0.185. The fourth-order valence-electron chi connectivity index (χ4n) is 4.65. The van der Waals surface area contributed by atoms with E-state index in [1.807, 2.05) is 70.4 Å². The van der Waals surface area contributed by atoms with Crippen molar-refractivity contribution in [3.05, 3.63) is 103 Å². The number of rotatable bonds is 5. The third-order valence-corrected chi connectivity index (χ3v) is 6.44. The number of pyridine rings is 3. The summed E-state index contributed by atoms with van der Waals surface area (Å²) >= 11 is 0. The lowest BCUT2D eigenvalue weighted by Gasteiger charge is -2.35. The number of nitrogens with zero attached hydrogens (tertiary/aromatic N) is 7. The largest absolute Gasteiger partial charge is 0.368 e. The third kappa shape index (κ3) is 4.14. The van der Waals surface area contributed by atoms with Gasteiger partial charge in [0.2, 0.25) is 0 Å². The Kier molecular flexibility index (Phi) is 5.46. The van der Waals surface area contributed by atoms with Crippen LogP contribution < -0.4 is 4.90 Å². The topological polar surface area (TPSA) is 71.6 Å². The predicted octanol–water partition coefficient (Wildman–Crippen LogP) is 3.60. The maximum absolute atomic E-state index is 13.6. The van der Waals surface area contributed by atoms with Crippen molar-refractivity contribution in [2.24, 2.45) is 0 Å². The zero-order valence-corrected chi connectivity index (χ0v) is 19.2. The highest BCUT2D eigenvalue weighted by molar-refractivity contribution is 6.00. The molecule has 0 aromatic carbocycles. The molecule has 6 heterocycles. The van der Waals surface area contributed by atoms with Gasteiger partial charge < -0.3 is 14.4 Å². The van der Waals surface area contributed by atoms with Crippen molar-refractivity contribution in [1.82, 2.24) is 28.8 Å². The van der Waals surface area contributed by atoms with Crippen LogP contribution in [-0.2, 0) is 6.54 Å². The van der Waals surface area contributed by atoms with Crippen LogP contribution in [0, 0.1) is 0 Å². The number of anilines is 1. The van der Waals surface area contributed by atoms with Crippen LogP contribution in [0.1, 0.15) is 16.1 Å². The Hall–Kier alpha value is -4.46. The van der Waals surface area contributed by atoms with E-state index in [4.69, 9.17) is 4.98 Å². The van der Waals surface area contributed by atoms with Crippen LogP contribution in [0.4, 0.5) is 5.69 Å². The highest BCUT2D eigenvalue weighted by atomic mass is 16.2. The summed E-state index contributed by atoms with van der Waals surface area (Å²) in [6.45, 7) is 3.61. The van der Waals surface area contributed by atoms with Crippen LogP contribution in [-0.4, -0.2) is 60.9 Å². The average Bonchev–Trinajstić information content (AvgIpc) is 3.54. The molecule has 0 unspecified atom stereocenters. The summed E-state index contributed by atoms with van der Waals surface area (Å²) in [5, 5.41) is 0. The van der Waals surface area contributed by atoms with Gasteiger partial charge >= 0.3 is 0 Å². The lowest BCUT2D eigenvalue weighted by atomic mass is 10.2. The summed E-state index contributed by atoms with van der Waals surface area (Å²) in [6.07, 6.45) is 13.3. The van der Waals surface area contributed by atoms with E-state index < -0.39 is 0 Å². The van der Waals surface area contributed by atoms with Gasteiger partial charge in [0.25, 0.3) is 5.91 Å². The molecule has 1 fully saturated rings. The molecule has 1 amide bonds. The predicted molar refractivity (Wildman–Crippen MR) is 134 cm³/mol. The molecule has 8 heteroatoms. The lowest BCUT2D eigenvalue weighted by Crippen LogP contribution is -2.49. The van der Waals surface area contributed by atoms with E-state index in [1.165, 1.54) is 0 Å². The molecular formula is C27H25N7O. The molecule has 5 aromatic heterocycles. The molecule has 1 saturated heterocycles. The first-order chi connectivity index (χ1) is 17.3. The highest BCUT2D eigenvalue weighted by Gasteiger charge is 2.26. The monoisotopic (exact) mass is 463 g/mol. The lowest BCUT2D eigenvalue weighted by molar-refractivity contribution is 0.0743. The molecule has 0 N–H and O–H groups in total. The molecular weight excluding hydrogens is 438 g/mol. The Balaban J connectivity index is 1.25. The molecule has 0 radical (unpaired) electrons. The van der Waals surface area contributed by atoms with Gasteiger partial charge in [-0.05, 0) is 42.0 Å². The molecule has 0 bridgehead atoms. The smallest absolute Gasteiger partial charge is 0.274 e. The second-order valence-corrected chi connectivity index (χ2v) is 8.66. The Morgan fingerprint density at radius 3 is 2.51 bits per heavy atom. The minimum atomic E-state index is -0.0240. The first-order valence-corrected chi connectivity index (χ1v) is 11.7. The first kappa shape index (κ1) is 21.1. The van der Waals surface area contributed by atoms with E-state index in [1.54, 1.807) is 18.6 Å². The summed E-state index contributed by atoms with van der Waals surface area (Å²) in [7, 11) is 0. The summed E-state index contributed by atoms with van der Waals surface area (Å²) < 4.78 is 4.11. The first-order valence-electron chi connectivity index (χ1n) is 11.7. The van der Waals surface area contributed by atoms with Gasteiger partial charge in [-0.25, -0.2) is 4.98 Å². The SMILES string of the molecule is O=C(c1nc(-c2ccn(Cc3cccnc3)c2)n2ccccc12)N1CCN(c2ccncc2)CC1. The number of aromatic nitrogens is 5. The molecule has 6 rings (SSSR count). The maximum atomic E-state index is 13.6. The van der Waals surface area contributed by atoms with Crippen molar-refractivity contribution < 1.29 is 4.79 Å². The zero-order valence-electron chi connectivity index (χ0n) is 19.2. The van der Waals surface area contributed by atoms with E-state index in [0.717, 1.165) is 47.8 Å². The summed E-state index contributed by atoms with van der Waals surface area (Å²) in [5.74, 6) is 0.744. The van der Waals surface area contributed by atoms with Gasteiger partial charge in [0.1, 0.15) is 5.82 Å². The molecule has 1 aliphatic heterocycles. The quantitative estimate of drug-likeness (QED) is 0.398. The molecule has 0 atom stereocenters. The van der Waals surface area contributed by atoms with Gasteiger partial charge in [-0.3, -0.25) is 19.2 Å². The minimum absolute atomic E-state index is 0.0240. The maximum Gasteiger partial charge on any atom is 0.274 e. The van der Waals surface area contributed by atoms with Crippen molar-refractivity contribution in [3.8, 4) is 11.4 Å². The van der Waals surface area contributed by atoms with Crippen LogP contribution in [0.25, 0.3) is 16.9 Å². The number of carbonyl (C=O) groups is 1. The molecule has 0 spiro atoms. The Morgan fingerprint density at radius 1 is 0.857 bits per heavy atom. The van der Waals surface area contributed by atoms with Crippen LogP contribution in [0.2, 0.25) is 0 Å². The molecule has 0 aliphatic carbocycles. The average molecular weight is 464 g/mol. The number of hydrogen-bond acceptors (Lipinski definition) is 5. The molecule has 1 aliphatic rings. The Bertz CT molecular complexity index is 1450. The van der Waals surface area contributed by atoms with Crippen molar-refractivity contribution in [1.29, 1.82) is 0 Å². The second-order valence-electron chi connectivity index (χ2n) is 8.66. The summed E-state index contributed by atoms with van der Waals surface area (Å²) in [4.78, 5) is 30.9. The van der Waals surface area contributed by atoms with Gasteiger partial charge in [-0.15, -0.1) is 0 Å². The molecule has 8 nitrogen and oxygen atoms in total. The second kappa shape index (κ2) is 9.06. The number of carbonyl (C=O) groups excluding carboxylic acids is 1. The van der Waals surface area contributed by atoms with E-state index in [0.29, 0.717) is 18.8 Å². The molecule has 35 heavy (non-hydrogen) atoms. The standard InChI is InChI=1S/C27H25N7O/c35-27(33-16-14-32(15-17-33)23-6-10-28-11-7-23)25-24-5-1-2-12-34(24)26(30-25)22-8-13-31(20-22)19-21-4-3-9-29-18-21/h1-13,18,20H,14-17,19H2. The van der Waals surface area contributed by atoms with Gasteiger partial charge in [0, 0.05) is 87.4 Å². The number of piperazine rings is 1. The zero-order chi connectivity index (χ0) is 23.6. The molecule has 0 saturated carbocycles. The van der Waals surface area contributed by atoms with Crippen LogP contribution in [0.3, 0.4) is 0 Å².